The summed E-state index contributed by atoms with van der Waals surface area (Å²) < 4.78 is 5.23. The maximum atomic E-state index is 11.9. The van der Waals surface area contributed by atoms with Gasteiger partial charge < -0.3 is 15.0 Å². The summed E-state index contributed by atoms with van der Waals surface area (Å²) in [7, 11) is 0. The van der Waals surface area contributed by atoms with Crippen molar-refractivity contribution >= 4 is 6.03 Å². The van der Waals surface area contributed by atoms with Gasteiger partial charge in [-0.3, -0.25) is 0 Å². The van der Waals surface area contributed by atoms with E-state index in [4.69, 9.17) is 4.74 Å². The van der Waals surface area contributed by atoms with Gasteiger partial charge in [-0.2, -0.15) is 0 Å². The highest BCUT2D eigenvalue weighted by molar-refractivity contribution is 5.74. The van der Waals surface area contributed by atoms with E-state index >= 15 is 0 Å². The van der Waals surface area contributed by atoms with Crippen LogP contribution in [0.5, 0.6) is 0 Å². The first-order valence-corrected chi connectivity index (χ1v) is 6.88. The van der Waals surface area contributed by atoms with Gasteiger partial charge in [0.05, 0.1) is 0 Å². The summed E-state index contributed by atoms with van der Waals surface area (Å²) in [5, 5.41) is 2.96. The number of hydrogen-bond donors (Lipinski definition) is 1. The van der Waals surface area contributed by atoms with E-state index in [1.165, 1.54) is 12.8 Å². The first-order valence-electron chi connectivity index (χ1n) is 6.88. The number of ether oxygens (including phenoxy) is 1. The molecule has 0 aromatic rings. The number of carbonyl (C=O) groups is 1. The summed E-state index contributed by atoms with van der Waals surface area (Å²) >= 11 is 0. The van der Waals surface area contributed by atoms with Gasteiger partial charge in [-0.15, -0.1) is 0 Å². The Morgan fingerprint density at radius 1 is 1.47 bits per heavy atom. The Hall–Kier alpha value is -0.770. The molecule has 4 heteroatoms. The molecule has 1 unspecified atom stereocenters. The van der Waals surface area contributed by atoms with E-state index in [9.17, 15) is 4.79 Å². The highest BCUT2D eigenvalue weighted by atomic mass is 16.5. The average molecular weight is 242 g/mol. The molecule has 1 N–H and O–H groups in total. The van der Waals surface area contributed by atoms with Crippen LogP contribution in [0.25, 0.3) is 0 Å². The quantitative estimate of drug-likeness (QED) is 0.726. The van der Waals surface area contributed by atoms with Crippen molar-refractivity contribution in [2.24, 2.45) is 5.92 Å². The number of urea groups is 1. The lowest BCUT2D eigenvalue weighted by Gasteiger charge is -2.32. The van der Waals surface area contributed by atoms with Crippen LogP contribution < -0.4 is 5.32 Å². The summed E-state index contributed by atoms with van der Waals surface area (Å²) in [5.41, 5.74) is 0. The normalized spacial score (nSPS) is 20.4. The zero-order valence-electron chi connectivity index (χ0n) is 11.2. The van der Waals surface area contributed by atoms with E-state index in [0.717, 1.165) is 39.1 Å². The maximum Gasteiger partial charge on any atom is 0.317 e. The number of likely N-dealkylation sites (tertiary alicyclic amines) is 1. The first-order chi connectivity index (χ1) is 8.27. The molecule has 100 valence electrons. The Kier molecular flexibility index (Phi) is 7.01. The molecule has 0 radical (unpaired) electrons. The van der Waals surface area contributed by atoms with Crippen LogP contribution in [0.1, 0.15) is 39.5 Å². The minimum absolute atomic E-state index is 0.0969. The SMILES string of the molecule is CCOCCCNC(=O)N1CCCC(CC)C1. The number of hydrogen-bond acceptors (Lipinski definition) is 2. The molecule has 0 spiro atoms. The molecule has 0 saturated carbocycles. The van der Waals surface area contributed by atoms with Crippen LogP contribution in [0.3, 0.4) is 0 Å². The lowest BCUT2D eigenvalue weighted by molar-refractivity contribution is 0.141. The number of amides is 2. The maximum absolute atomic E-state index is 11.9. The zero-order valence-corrected chi connectivity index (χ0v) is 11.2. The smallest absolute Gasteiger partial charge is 0.317 e. The van der Waals surface area contributed by atoms with Crippen LogP contribution in [-0.4, -0.2) is 43.8 Å². The molecule has 1 atom stereocenters. The number of piperidine rings is 1. The zero-order chi connectivity index (χ0) is 12.5. The predicted molar refractivity (Wildman–Crippen MR) is 69.1 cm³/mol. The van der Waals surface area contributed by atoms with Crippen LogP contribution in [0.15, 0.2) is 0 Å². The second-order valence-corrected chi connectivity index (χ2v) is 4.64. The minimum Gasteiger partial charge on any atom is -0.382 e. The summed E-state index contributed by atoms with van der Waals surface area (Å²) in [6, 6.07) is 0.0969. The van der Waals surface area contributed by atoms with E-state index < -0.39 is 0 Å². The topological polar surface area (TPSA) is 41.6 Å². The van der Waals surface area contributed by atoms with Crippen LogP contribution in [0.2, 0.25) is 0 Å². The van der Waals surface area contributed by atoms with E-state index in [2.05, 4.69) is 12.2 Å². The number of rotatable bonds is 6. The Balaban J connectivity index is 2.14. The molecule has 2 amide bonds. The molecule has 17 heavy (non-hydrogen) atoms. The Labute approximate surface area is 105 Å². The fraction of sp³-hybridized carbons (Fsp3) is 0.923. The summed E-state index contributed by atoms with van der Waals surface area (Å²) in [4.78, 5) is 13.8. The highest BCUT2D eigenvalue weighted by Crippen LogP contribution is 2.18. The summed E-state index contributed by atoms with van der Waals surface area (Å²) in [5.74, 6) is 0.693. The van der Waals surface area contributed by atoms with Gasteiger partial charge in [-0.05, 0) is 32.1 Å². The third-order valence-corrected chi connectivity index (χ3v) is 3.33. The van der Waals surface area contributed by atoms with Gasteiger partial charge in [0.15, 0.2) is 0 Å². The molecule has 0 bridgehead atoms. The van der Waals surface area contributed by atoms with Crippen LogP contribution in [0, 0.1) is 5.92 Å². The standard InChI is InChI=1S/C13H26N2O2/c1-3-12-7-5-9-15(11-12)13(16)14-8-6-10-17-4-2/h12H,3-11H2,1-2H3,(H,14,16). The second kappa shape index (κ2) is 8.34. The van der Waals surface area contributed by atoms with Crippen molar-refractivity contribution in [3.05, 3.63) is 0 Å². The molecule has 1 aliphatic rings. The van der Waals surface area contributed by atoms with Crippen molar-refractivity contribution in [1.29, 1.82) is 0 Å². The van der Waals surface area contributed by atoms with Crippen molar-refractivity contribution in [2.75, 3.05) is 32.8 Å². The average Bonchev–Trinajstić information content (AvgIpc) is 2.38. The molecular formula is C13H26N2O2. The lowest BCUT2D eigenvalue weighted by Crippen LogP contribution is -2.45. The van der Waals surface area contributed by atoms with Gasteiger partial charge in [0.25, 0.3) is 0 Å². The van der Waals surface area contributed by atoms with Gasteiger partial charge in [-0.25, -0.2) is 4.79 Å². The first kappa shape index (κ1) is 14.3. The predicted octanol–water partition coefficient (Wildman–Crippen LogP) is 2.24. The number of nitrogens with one attached hydrogen (secondary N) is 1. The fourth-order valence-corrected chi connectivity index (χ4v) is 2.21. The van der Waals surface area contributed by atoms with Crippen molar-refractivity contribution in [1.82, 2.24) is 10.2 Å². The molecule has 0 aromatic carbocycles. The molecule has 1 rings (SSSR count). The third kappa shape index (κ3) is 5.39. The molecular weight excluding hydrogens is 216 g/mol. The van der Waals surface area contributed by atoms with E-state index in [-0.39, 0.29) is 6.03 Å². The molecule has 1 aliphatic heterocycles. The van der Waals surface area contributed by atoms with Gasteiger partial charge >= 0.3 is 6.03 Å². The van der Waals surface area contributed by atoms with E-state index in [0.29, 0.717) is 12.5 Å². The molecule has 0 aromatic heterocycles. The van der Waals surface area contributed by atoms with Crippen LogP contribution >= 0.6 is 0 Å². The molecule has 1 saturated heterocycles. The number of carbonyl (C=O) groups excluding carboxylic acids is 1. The Morgan fingerprint density at radius 3 is 3.00 bits per heavy atom. The van der Waals surface area contributed by atoms with Crippen LogP contribution in [0.4, 0.5) is 4.79 Å². The van der Waals surface area contributed by atoms with Gasteiger partial charge in [0.1, 0.15) is 0 Å². The Bertz CT molecular complexity index is 221. The van der Waals surface area contributed by atoms with Gasteiger partial charge in [-0.1, -0.05) is 13.3 Å². The largest absolute Gasteiger partial charge is 0.382 e. The molecule has 4 nitrogen and oxygen atoms in total. The third-order valence-electron chi connectivity index (χ3n) is 3.33. The van der Waals surface area contributed by atoms with Crippen molar-refractivity contribution in [2.45, 2.75) is 39.5 Å². The minimum atomic E-state index is 0.0969. The second-order valence-electron chi connectivity index (χ2n) is 4.64. The van der Waals surface area contributed by atoms with Crippen molar-refractivity contribution in [3.63, 3.8) is 0 Å². The molecule has 1 heterocycles. The Morgan fingerprint density at radius 2 is 2.29 bits per heavy atom. The van der Waals surface area contributed by atoms with Crippen molar-refractivity contribution < 1.29 is 9.53 Å². The highest BCUT2D eigenvalue weighted by Gasteiger charge is 2.21. The molecule has 0 aliphatic carbocycles. The fourth-order valence-electron chi connectivity index (χ4n) is 2.21. The van der Waals surface area contributed by atoms with Crippen LogP contribution in [-0.2, 0) is 4.74 Å². The summed E-state index contributed by atoms with van der Waals surface area (Å²) in [6.45, 7) is 8.21. The van der Waals surface area contributed by atoms with Gasteiger partial charge in [0, 0.05) is 32.8 Å². The molecule has 1 fully saturated rings. The van der Waals surface area contributed by atoms with Crippen molar-refractivity contribution in [3.8, 4) is 0 Å². The van der Waals surface area contributed by atoms with Gasteiger partial charge in [0.2, 0.25) is 0 Å². The lowest BCUT2D eigenvalue weighted by atomic mass is 9.96. The van der Waals surface area contributed by atoms with E-state index in [1.807, 2.05) is 11.8 Å². The van der Waals surface area contributed by atoms with E-state index in [1.54, 1.807) is 0 Å². The number of nitrogens with zero attached hydrogens (tertiary/aromatic N) is 1. The monoisotopic (exact) mass is 242 g/mol. The summed E-state index contributed by atoms with van der Waals surface area (Å²) in [6.07, 6.45) is 4.48.